The second-order valence-corrected chi connectivity index (χ2v) is 6.51. The quantitative estimate of drug-likeness (QED) is 0.482. The van der Waals surface area contributed by atoms with Gasteiger partial charge >= 0.3 is 0 Å². The highest BCUT2D eigenvalue weighted by Gasteiger charge is 2.08. The Morgan fingerprint density at radius 1 is 1.04 bits per heavy atom. The van der Waals surface area contributed by atoms with Crippen LogP contribution in [0.3, 0.4) is 0 Å². The molecule has 0 aliphatic rings. The van der Waals surface area contributed by atoms with E-state index in [4.69, 9.17) is 9.47 Å². The molecule has 1 aromatic heterocycles. The van der Waals surface area contributed by atoms with Gasteiger partial charge in [0.2, 0.25) is 5.95 Å². The Balaban J connectivity index is 1.77. The Morgan fingerprint density at radius 2 is 1.81 bits per heavy atom. The maximum Gasteiger partial charge on any atom is 0.222 e. The number of para-hydroxylation sites is 2. The van der Waals surface area contributed by atoms with Gasteiger partial charge in [-0.1, -0.05) is 12.1 Å². The summed E-state index contributed by atoms with van der Waals surface area (Å²) in [7, 11) is 0. The first-order valence-corrected chi connectivity index (χ1v) is 8.72. The van der Waals surface area contributed by atoms with Crippen LogP contribution in [0.1, 0.15) is 33.3 Å². The molecule has 0 saturated carbocycles. The predicted octanol–water partition coefficient (Wildman–Crippen LogP) is 4.58. The van der Waals surface area contributed by atoms with E-state index in [1.807, 2.05) is 70.2 Å². The zero-order valence-corrected chi connectivity index (χ0v) is 15.5. The number of aromatic nitrogens is 2. The number of aromatic amines is 1. The van der Waals surface area contributed by atoms with Crippen LogP contribution in [0.5, 0.6) is 11.5 Å². The molecule has 2 aromatic carbocycles. The molecule has 0 fully saturated rings. The van der Waals surface area contributed by atoms with Gasteiger partial charge in [-0.05, 0) is 52.0 Å². The highest BCUT2D eigenvalue weighted by molar-refractivity contribution is 5.84. The first-order valence-electron chi connectivity index (χ1n) is 8.72. The maximum atomic E-state index is 5.90. The van der Waals surface area contributed by atoms with Gasteiger partial charge < -0.3 is 14.5 Å². The molecule has 3 aromatic rings. The van der Waals surface area contributed by atoms with Crippen molar-refractivity contribution in [1.29, 1.82) is 0 Å². The molecule has 2 N–H and O–H groups in total. The predicted molar refractivity (Wildman–Crippen MR) is 105 cm³/mol. The average Bonchev–Trinajstić information content (AvgIpc) is 2.98. The van der Waals surface area contributed by atoms with E-state index in [1.165, 1.54) is 0 Å². The molecule has 6 nitrogen and oxygen atoms in total. The van der Waals surface area contributed by atoms with Crippen molar-refractivity contribution < 1.29 is 9.47 Å². The molecular formula is C20H24N4O2. The number of fused-ring (bicyclic) bond motifs is 1. The number of nitrogens with one attached hydrogen (secondary N) is 2. The second-order valence-electron chi connectivity index (χ2n) is 6.51. The molecule has 0 bridgehead atoms. The van der Waals surface area contributed by atoms with Crippen molar-refractivity contribution in [3.05, 3.63) is 48.0 Å². The first kappa shape index (κ1) is 17.8. The molecule has 0 radical (unpaired) electrons. The molecule has 136 valence electrons. The summed E-state index contributed by atoms with van der Waals surface area (Å²) in [5, 5.41) is 4.28. The smallest absolute Gasteiger partial charge is 0.222 e. The molecule has 0 unspecified atom stereocenters. The second kappa shape index (κ2) is 7.91. The molecule has 0 spiro atoms. The van der Waals surface area contributed by atoms with Gasteiger partial charge in [0, 0.05) is 11.6 Å². The van der Waals surface area contributed by atoms with E-state index >= 15 is 0 Å². The average molecular weight is 352 g/mol. The van der Waals surface area contributed by atoms with Gasteiger partial charge in [-0.25, -0.2) is 10.4 Å². The van der Waals surface area contributed by atoms with E-state index in [0.29, 0.717) is 5.95 Å². The first-order chi connectivity index (χ1) is 12.5. The topological polar surface area (TPSA) is 71.5 Å². The number of H-pyrrole nitrogens is 1. The summed E-state index contributed by atoms with van der Waals surface area (Å²) < 4.78 is 11.6. The summed E-state index contributed by atoms with van der Waals surface area (Å²) in [6.45, 7) is 7.97. The lowest BCUT2D eigenvalue weighted by Gasteiger charge is -2.15. The summed E-state index contributed by atoms with van der Waals surface area (Å²) >= 11 is 0. The molecule has 0 aliphatic carbocycles. The SMILES string of the molecule is CC(C)Oc1ccc(/C=N/Nc2nc3ccccc3[nH]2)c(OC(C)C)c1. The summed E-state index contributed by atoms with van der Waals surface area (Å²) in [4.78, 5) is 7.60. The zero-order chi connectivity index (χ0) is 18.5. The highest BCUT2D eigenvalue weighted by Crippen LogP contribution is 2.25. The number of anilines is 1. The fraction of sp³-hybridized carbons (Fsp3) is 0.300. The number of ether oxygens (including phenoxy) is 2. The Labute approximate surface area is 153 Å². The number of imidazole rings is 1. The van der Waals surface area contributed by atoms with Crippen LogP contribution in [0.4, 0.5) is 5.95 Å². The summed E-state index contributed by atoms with van der Waals surface area (Å²) in [5.74, 6) is 2.10. The van der Waals surface area contributed by atoms with Crippen LogP contribution in [0, 0.1) is 0 Å². The Bertz CT molecular complexity index is 867. The van der Waals surface area contributed by atoms with Crippen molar-refractivity contribution in [1.82, 2.24) is 9.97 Å². The lowest BCUT2D eigenvalue weighted by atomic mass is 10.2. The lowest BCUT2D eigenvalue weighted by molar-refractivity contribution is 0.229. The van der Waals surface area contributed by atoms with E-state index in [0.717, 1.165) is 28.1 Å². The van der Waals surface area contributed by atoms with Crippen molar-refractivity contribution in [3.8, 4) is 11.5 Å². The van der Waals surface area contributed by atoms with Gasteiger partial charge in [-0.15, -0.1) is 0 Å². The van der Waals surface area contributed by atoms with Gasteiger partial charge in [-0.2, -0.15) is 5.10 Å². The van der Waals surface area contributed by atoms with E-state index in [1.54, 1.807) is 6.21 Å². The third-order valence-corrected chi connectivity index (χ3v) is 3.48. The fourth-order valence-electron chi connectivity index (χ4n) is 2.49. The third kappa shape index (κ3) is 4.53. The Morgan fingerprint density at radius 3 is 2.54 bits per heavy atom. The van der Waals surface area contributed by atoms with Crippen LogP contribution in [0.15, 0.2) is 47.6 Å². The molecule has 3 rings (SSSR count). The number of rotatable bonds is 7. The van der Waals surface area contributed by atoms with Crippen LogP contribution in [0.25, 0.3) is 11.0 Å². The van der Waals surface area contributed by atoms with E-state index in [9.17, 15) is 0 Å². The minimum atomic E-state index is 0.0554. The number of benzene rings is 2. The van der Waals surface area contributed by atoms with E-state index < -0.39 is 0 Å². The van der Waals surface area contributed by atoms with Gasteiger partial charge in [0.15, 0.2) is 0 Å². The van der Waals surface area contributed by atoms with Crippen molar-refractivity contribution in [2.24, 2.45) is 5.10 Å². The summed E-state index contributed by atoms with van der Waals surface area (Å²) in [6, 6.07) is 13.6. The molecule has 0 atom stereocenters. The molecule has 0 saturated heterocycles. The standard InChI is InChI=1S/C20H24N4O2/c1-13(2)25-16-10-9-15(19(11-16)26-14(3)4)12-21-24-20-22-17-7-5-6-8-18(17)23-20/h5-14H,1-4H3,(H2,22,23,24)/b21-12+. The van der Waals surface area contributed by atoms with Crippen molar-refractivity contribution in [2.45, 2.75) is 39.9 Å². The fourth-order valence-corrected chi connectivity index (χ4v) is 2.49. The summed E-state index contributed by atoms with van der Waals surface area (Å²) in [5.41, 5.74) is 5.64. The van der Waals surface area contributed by atoms with Crippen LogP contribution >= 0.6 is 0 Å². The minimum absolute atomic E-state index is 0.0554. The van der Waals surface area contributed by atoms with Gasteiger partial charge in [0.1, 0.15) is 11.5 Å². The molecule has 6 heteroatoms. The van der Waals surface area contributed by atoms with Crippen LogP contribution < -0.4 is 14.9 Å². The number of hydrogen-bond donors (Lipinski definition) is 2. The minimum Gasteiger partial charge on any atom is -0.491 e. The van der Waals surface area contributed by atoms with Crippen LogP contribution in [-0.4, -0.2) is 28.4 Å². The van der Waals surface area contributed by atoms with Crippen molar-refractivity contribution in [3.63, 3.8) is 0 Å². The lowest BCUT2D eigenvalue weighted by Crippen LogP contribution is -2.09. The highest BCUT2D eigenvalue weighted by atomic mass is 16.5. The zero-order valence-electron chi connectivity index (χ0n) is 15.5. The molecule has 26 heavy (non-hydrogen) atoms. The van der Waals surface area contributed by atoms with E-state index in [2.05, 4.69) is 20.5 Å². The summed E-state index contributed by atoms with van der Waals surface area (Å²) in [6.07, 6.45) is 1.88. The van der Waals surface area contributed by atoms with Gasteiger partial charge in [-0.3, -0.25) is 0 Å². The number of hydrogen-bond acceptors (Lipinski definition) is 5. The Hall–Kier alpha value is -3.02. The Kier molecular flexibility index (Phi) is 5.41. The third-order valence-electron chi connectivity index (χ3n) is 3.48. The van der Waals surface area contributed by atoms with Crippen molar-refractivity contribution >= 4 is 23.2 Å². The molecule has 0 amide bonds. The maximum absolute atomic E-state index is 5.90. The van der Waals surface area contributed by atoms with Crippen LogP contribution in [-0.2, 0) is 0 Å². The molecular weight excluding hydrogens is 328 g/mol. The van der Waals surface area contributed by atoms with Gasteiger partial charge in [0.25, 0.3) is 0 Å². The van der Waals surface area contributed by atoms with Crippen molar-refractivity contribution in [2.75, 3.05) is 5.43 Å². The molecule has 1 heterocycles. The molecule has 0 aliphatic heterocycles. The largest absolute Gasteiger partial charge is 0.491 e. The van der Waals surface area contributed by atoms with Crippen LogP contribution in [0.2, 0.25) is 0 Å². The monoisotopic (exact) mass is 352 g/mol. The van der Waals surface area contributed by atoms with E-state index in [-0.39, 0.29) is 12.2 Å². The normalized spacial score (nSPS) is 11.6. The number of hydrazone groups is 1. The van der Waals surface area contributed by atoms with Gasteiger partial charge in [0.05, 0.1) is 29.5 Å². The number of nitrogens with zero attached hydrogens (tertiary/aromatic N) is 2.